The molecule has 1 unspecified atom stereocenters. The third-order valence-corrected chi connectivity index (χ3v) is 2.83. The van der Waals surface area contributed by atoms with Crippen LogP contribution >= 0.6 is 11.8 Å². The van der Waals surface area contributed by atoms with Crippen LogP contribution in [-0.4, -0.2) is 45.4 Å². The highest BCUT2D eigenvalue weighted by Gasteiger charge is 2.07. The maximum Gasteiger partial charge on any atom is 0.216 e. The lowest BCUT2D eigenvalue weighted by molar-refractivity contribution is 0.0473. The van der Waals surface area contributed by atoms with Gasteiger partial charge >= 0.3 is 0 Å². The van der Waals surface area contributed by atoms with Crippen molar-refractivity contribution in [2.24, 2.45) is 0 Å². The Kier molecular flexibility index (Phi) is 6.20. The van der Waals surface area contributed by atoms with Gasteiger partial charge < -0.3 is 15.6 Å². The number of ether oxygens (including phenoxy) is 1. The molecule has 1 heterocycles. The normalized spacial score (nSPS) is 12.9. The van der Waals surface area contributed by atoms with Gasteiger partial charge in [0.15, 0.2) is 0 Å². The number of hydrogen-bond acceptors (Lipinski definition) is 6. The van der Waals surface area contributed by atoms with Crippen LogP contribution in [0.15, 0.2) is 5.16 Å². The number of aromatic amines is 1. The molecule has 1 aromatic rings. The molecule has 1 atom stereocenters. The van der Waals surface area contributed by atoms with Crippen LogP contribution in [0.5, 0.6) is 0 Å². The maximum absolute atomic E-state index is 9.57. The van der Waals surface area contributed by atoms with E-state index in [0.29, 0.717) is 24.1 Å². The zero-order valence-electron chi connectivity index (χ0n) is 9.35. The van der Waals surface area contributed by atoms with Gasteiger partial charge in [0.2, 0.25) is 11.1 Å². The van der Waals surface area contributed by atoms with Gasteiger partial charge in [-0.3, -0.25) is 0 Å². The molecular weight excluding hydrogens is 228 g/mol. The number of nitrogen functional groups attached to an aromatic ring is 1. The summed E-state index contributed by atoms with van der Waals surface area (Å²) in [5, 5.41) is 16.5. The van der Waals surface area contributed by atoms with Crippen molar-refractivity contribution in [2.75, 3.05) is 24.7 Å². The van der Waals surface area contributed by atoms with Gasteiger partial charge in [0, 0.05) is 12.4 Å². The Labute approximate surface area is 99.0 Å². The Bertz CT molecular complexity index is 295. The van der Waals surface area contributed by atoms with Crippen molar-refractivity contribution < 1.29 is 9.84 Å². The van der Waals surface area contributed by atoms with Gasteiger partial charge in [0.05, 0.1) is 12.7 Å². The zero-order chi connectivity index (χ0) is 11.8. The van der Waals surface area contributed by atoms with Crippen molar-refractivity contribution in [3.05, 3.63) is 0 Å². The van der Waals surface area contributed by atoms with E-state index >= 15 is 0 Å². The Morgan fingerprint density at radius 3 is 3.06 bits per heavy atom. The monoisotopic (exact) mass is 246 g/mol. The molecule has 0 spiro atoms. The number of aliphatic hydroxyl groups is 1. The van der Waals surface area contributed by atoms with Gasteiger partial charge in [-0.05, 0) is 6.42 Å². The molecule has 7 heteroatoms. The van der Waals surface area contributed by atoms with Crippen LogP contribution in [0.4, 0.5) is 5.95 Å². The summed E-state index contributed by atoms with van der Waals surface area (Å²) in [7, 11) is 0. The van der Waals surface area contributed by atoms with E-state index in [1.165, 1.54) is 11.8 Å². The summed E-state index contributed by atoms with van der Waals surface area (Å²) in [4.78, 5) is 3.91. The average molecular weight is 246 g/mol. The Hall–Kier alpha value is -0.790. The molecule has 4 N–H and O–H groups in total. The van der Waals surface area contributed by atoms with Gasteiger partial charge in [-0.15, -0.1) is 5.10 Å². The molecule has 1 aromatic heterocycles. The number of aliphatic hydroxyl groups excluding tert-OH is 1. The number of nitrogens with zero attached hydrogens (tertiary/aromatic N) is 2. The topological polar surface area (TPSA) is 97.0 Å². The van der Waals surface area contributed by atoms with Crippen LogP contribution < -0.4 is 5.73 Å². The number of hydrogen-bond donors (Lipinski definition) is 3. The molecule has 0 saturated heterocycles. The lowest BCUT2D eigenvalue weighted by atomic mass is 10.3. The van der Waals surface area contributed by atoms with E-state index in [1.54, 1.807) is 0 Å². The Morgan fingerprint density at radius 2 is 2.44 bits per heavy atom. The maximum atomic E-state index is 9.57. The molecule has 0 amide bonds. The fourth-order valence-corrected chi connectivity index (χ4v) is 1.72. The van der Waals surface area contributed by atoms with Crippen LogP contribution in [0.3, 0.4) is 0 Å². The van der Waals surface area contributed by atoms with Crippen LogP contribution in [-0.2, 0) is 4.74 Å². The van der Waals surface area contributed by atoms with Crippen molar-refractivity contribution >= 4 is 17.7 Å². The first kappa shape index (κ1) is 13.3. The number of nitrogens with two attached hydrogens (primary N) is 1. The smallest absolute Gasteiger partial charge is 0.216 e. The van der Waals surface area contributed by atoms with Crippen molar-refractivity contribution in [2.45, 2.75) is 31.0 Å². The molecule has 0 aliphatic rings. The van der Waals surface area contributed by atoms with E-state index < -0.39 is 6.10 Å². The van der Waals surface area contributed by atoms with E-state index in [1.807, 2.05) is 0 Å². The first-order chi connectivity index (χ1) is 7.72. The summed E-state index contributed by atoms with van der Waals surface area (Å²) in [5.41, 5.74) is 5.37. The molecular formula is C9H18N4O2S. The van der Waals surface area contributed by atoms with E-state index in [-0.39, 0.29) is 5.95 Å². The number of unbranched alkanes of at least 4 members (excludes halogenated alkanes) is 1. The lowest BCUT2D eigenvalue weighted by Crippen LogP contribution is -2.18. The summed E-state index contributed by atoms with van der Waals surface area (Å²) in [6.45, 7) is 3.15. The second kappa shape index (κ2) is 7.48. The molecule has 0 saturated carbocycles. The van der Waals surface area contributed by atoms with Gasteiger partial charge in [-0.2, -0.15) is 4.98 Å². The molecule has 0 fully saturated rings. The second-order valence-electron chi connectivity index (χ2n) is 3.40. The summed E-state index contributed by atoms with van der Waals surface area (Å²) >= 11 is 1.35. The Morgan fingerprint density at radius 1 is 1.62 bits per heavy atom. The number of aromatic nitrogens is 3. The number of H-pyrrole nitrogens is 1. The van der Waals surface area contributed by atoms with Crippen molar-refractivity contribution in [3.8, 4) is 0 Å². The average Bonchev–Trinajstić information content (AvgIpc) is 2.68. The minimum absolute atomic E-state index is 0.288. The molecule has 0 bridgehead atoms. The first-order valence-corrected chi connectivity index (χ1v) is 6.27. The molecule has 0 radical (unpaired) electrons. The highest BCUT2D eigenvalue weighted by atomic mass is 32.2. The SMILES string of the molecule is CCCCOCC(O)CSc1n[nH]c(N)n1. The van der Waals surface area contributed by atoms with Gasteiger partial charge in [0.25, 0.3) is 0 Å². The van der Waals surface area contributed by atoms with E-state index in [0.717, 1.165) is 12.8 Å². The van der Waals surface area contributed by atoms with Crippen molar-refractivity contribution in [1.29, 1.82) is 0 Å². The number of rotatable bonds is 8. The number of thioether (sulfide) groups is 1. The van der Waals surface area contributed by atoms with E-state index in [4.69, 9.17) is 10.5 Å². The van der Waals surface area contributed by atoms with Crippen LogP contribution in [0.25, 0.3) is 0 Å². The van der Waals surface area contributed by atoms with Crippen LogP contribution in [0, 0.1) is 0 Å². The van der Waals surface area contributed by atoms with Crippen LogP contribution in [0.1, 0.15) is 19.8 Å². The summed E-state index contributed by atoms with van der Waals surface area (Å²) in [5.74, 6) is 0.792. The quantitative estimate of drug-likeness (QED) is 0.460. The Balaban J connectivity index is 2.08. The highest BCUT2D eigenvalue weighted by Crippen LogP contribution is 2.14. The second-order valence-corrected chi connectivity index (χ2v) is 4.38. The van der Waals surface area contributed by atoms with Crippen molar-refractivity contribution in [3.63, 3.8) is 0 Å². The summed E-state index contributed by atoms with van der Waals surface area (Å²) in [6, 6.07) is 0. The fraction of sp³-hybridized carbons (Fsp3) is 0.778. The third kappa shape index (κ3) is 5.34. The van der Waals surface area contributed by atoms with E-state index in [2.05, 4.69) is 22.1 Å². The standard InChI is InChI=1S/C9H18N4O2S/c1-2-3-4-15-5-7(14)6-16-9-11-8(10)12-13-9/h7,14H,2-6H2,1H3,(H3,10,11,12,13). The number of nitrogens with one attached hydrogen (secondary N) is 1. The van der Waals surface area contributed by atoms with Gasteiger partial charge in [0.1, 0.15) is 0 Å². The molecule has 0 aromatic carbocycles. The molecule has 16 heavy (non-hydrogen) atoms. The number of anilines is 1. The van der Waals surface area contributed by atoms with Gasteiger partial charge in [-0.25, -0.2) is 5.10 Å². The minimum atomic E-state index is -0.499. The van der Waals surface area contributed by atoms with E-state index in [9.17, 15) is 5.11 Å². The molecule has 1 rings (SSSR count). The first-order valence-electron chi connectivity index (χ1n) is 5.29. The molecule has 0 aliphatic carbocycles. The van der Waals surface area contributed by atoms with Crippen LogP contribution in [0.2, 0.25) is 0 Å². The molecule has 0 aliphatic heterocycles. The fourth-order valence-electron chi connectivity index (χ4n) is 1.01. The zero-order valence-corrected chi connectivity index (χ0v) is 10.2. The van der Waals surface area contributed by atoms with Crippen molar-refractivity contribution in [1.82, 2.24) is 15.2 Å². The largest absolute Gasteiger partial charge is 0.390 e. The third-order valence-electron chi connectivity index (χ3n) is 1.84. The van der Waals surface area contributed by atoms with Gasteiger partial charge in [-0.1, -0.05) is 25.1 Å². The predicted molar refractivity (Wildman–Crippen MR) is 63.3 cm³/mol. The molecule has 6 nitrogen and oxygen atoms in total. The lowest BCUT2D eigenvalue weighted by Gasteiger charge is -2.09. The minimum Gasteiger partial charge on any atom is -0.390 e. The summed E-state index contributed by atoms with van der Waals surface area (Å²) < 4.78 is 5.29. The predicted octanol–water partition coefficient (Wildman–Crippen LogP) is 0.657. The summed E-state index contributed by atoms with van der Waals surface area (Å²) in [6.07, 6.45) is 1.63. The molecule has 92 valence electrons. The highest BCUT2D eigenvalue weighted by molar-refractivity contribution is 7.99.